The number of rotatable bonds is 6. The minimum Gasteiger partial charge on any atom is -0.388 e. The van der Waals surface area contributed by atoms with Gasteiger partial charge in [0.15, 0.2) is 0 Å². The molecule has 0 fully saturated rings. The largest absolute Gasteiger partial charge is 0.388 e. The summed E-state index contributed by atoms with van der Waals surface area (Å²) in [4.78, 5) is 0. The molecule has 25 heavy (non-hydrogen) atoms. The van der Waals surface area contributed by atoms with Crippen molar-refractivity contribution >= 4 is 17.7 Å². The zero-order valence-electron chi connectivity index (χ0n) is 13.9. The molecule has 1 N–H and O–H groups in total. The molecule has 0 aliphatic carbocycles. The number of aliphatic hydroxyl groups is 1. The first-order valence-corrected chi connectivity index (χ1v) is 8.82. The van der Waals surface area contributed by atoms with Gasteiger partial charge in [-0.3, -0.25) is 0 Å². The number of benzene rings is 3. The molecule has 1 nitrogen and oxygen atoms in total. The Kier molecular flexibility index (Phi) is 6.05. The summed E-state index contributed by atoms with van der Waals surface area (Å²) < 4.78 is 0. The maximum absolute atomic E-state index is 10.9. The van der Waals surface area contributed by atoms with E-state index in [1.807, 2.05) is 60.7 Å². The van der Waals surface area contributed by atoms with Gasteiger partial charge in [-0.1, -0.05) is 96.5 Å². The Morgan fingerprint density at radius 1 is 0.760 bits per heavy atom. The summed E-state index contributed by atoms with van der Waals surface area (Å²) >= 11 is 5.97. The summed E-state index contributed by atoms with van der Waals surface area (Å²) in [5.41, 5.74) is 3.17. The third-order valence-corrected chi connectivity index (χ3v) is 4.57. The number of hydrogen-bond acceptors (Lipinski definition) is 1. The van der Waals surface area contributed by atoms with E-state index < -0.39 is 6.10 Å². The lowest BCUT2D eigenvalue weighted by Gasteiger charge is -2.23. The molecule has 2 unspecified atom stereocenters. The standard InChI is InChI=1S/C23H21ClO/c24-21-16-14-20(15-17-21)23(25)22(19-11-5-2-6-12-19)13-7-10-18-8-3-1-4-9-18/h1-12,14-17,22-23,25H,13H2/b10-7+. The summed E-state index contributed by atoms with van der Waals surface area (Å²) in [6.45, 7) is 0. The van der Waals surface area contributed by atoms with Gasteiger partial charge in [-0.05, 0) is 35.2 Å². The van der Waals surface area contributed by atoms with Gasteiger partial charge in [0.2, 0.25) is 0 Å². The molecule has 3 aromatic carbocycles. The van der Waals surface area contributed by atoms with E-state index in [0.717, 1.165) is 23.1 Å². The van der Waals surface area contributed by atoms with Crippen LogP contribution in [0, 0.1) is 0 Å². The average molecular weight is 349 g/mol. The van der Waals surface area contributed by atoms with E-state index in [0.29, 0.717) is 5.02 Å². The first-order chi connectivity index (χ1) is 12.2. The van der Waals surface area contributed by atoms with Gasteiger partial charge in [0.1, 0.15) is 0 Å². The van der Waals surface area contributed by atoms with Crippen LogP contribution in [-0.4, -0.2) is 5.11 Å². The molecule has 0 amide bonds. The molecule has 0 saturated heterocycles. The molecule has 0 aliphatic rings. The Bertz CT molecular complexity index is 795. The molecule has 0 radical (unpaired) electrons. The normalized spacial score (nSPS) is 13.7. The van der Waals surface area contributed by atoms with Crippen LogP contribution in [0.25, 0.3) is 6.08 Å². The first kappa shape index (κ1) is 17.5. The van der Waals surface area contributed by atoms with Crippen LogP contribution in [0.2, 0.25) is 5.02 Å². The van der Waals surface area contributed by atoms with Gasteiger partial charge in [0.25, 0.3) is 0 Å². The van der Waals surface area contributed by atoms with E-state index in [2.05, 4.69) is 36.4 Å². The lowest BCUT2D eigenvalue weighted by Crippen LogP contribution is -2.10. The quantitative estimate of drug-likeness (QED) is 0.557. The van der Waals surface area contributed by atoms with Crippen LogP contribution >= 0.6 is 11.6 Å². The number of halogens is 1. The highest BCUT2D eigenvalue weighted by Crippen LogP contribution is 2.34. The van der Waals surface area contributed by atoms with E-state index in [9.17, 15) is 5.11 Å². The Hall–Kier alpha value is -2.35. The highest BCUT2D eigenvalue weighted by molar-refractivity contribution is 6.30. The molecule has 2 heteroatoms. The second-order valence-electron chi connectivity index (χ2n) is 6.06. The van der Waals surface area contributed by atoms with Crippen molar-refractivity contribution in [3.8, 4) is 0 Å². The van der Waals surface area contributed by atoms with Crippen molar-refractivity contribution in [2.75, 3.05) is 0 Å². The van der Waals surface area contributed by atoms with Crippen LogP contribution in [0.15, 0.2) is 91.0 Å². The molecule has 0 heterocycles. The molecule has 0 aromatic heterocycles. The molecular formula is C23H21ClO. The fourth-order valence-corrected chi connectivity index (χ4v) is 3.08. The Morgan fingerprint density at radius 3 is 2.00 bits per heavy atom. The molecule has 126 valence electrons. The zero-order chi connectivity index (χ0) is 17.5. The van der Waals surface area contributed by atoms with Gasteiger partial charge in [0.05, 0.1) is 6.10 Å². The molecular weight excluding hydrogens is 328 g/mol. The summed E-state index contributed by atoms with van der Waals surface area (Å²) in [6, 6.07) is 27.8. The summed E-state index contributed by atoms with van der Waals surface area (Å²) in [5.74, 6) is -0.0117. The topological polar surface area (TPSA) is 20.2 Å². The van der Waals surface area contributed by atoms with Crippen molar-refractivity contribution < 1.29 is 5.11 Å². The molecule has 0 bridgehead atoms. The second-order valence-corrected chi connectivity index (χ2v) is 6.50. The van der Waals surface area contributed by atoms with Gasteiger partial charge < -0.3 is 5.11 Å². The van der Waals surface area contributed by atoms with Crippen LogP contribution in [0.5, 0.6) is 0 Å². The van der Waals surface area contributed by atoms with Gasteiger partial charge >= 0.3 is 0 Å². The Labute approximate surface area is 154 Å². The highest BCUT2D eigenvalue weighted by atomic mass is 35.5. The zero-order valence-corrected chi connectivity index (χ0v) is 14.7. The van der Waals surface area contributed by atoms with Crippen molar-refractivity contribution in [3.63, 3.8) is 0 Å². The summed E-state index contributed by atoms with van der Waals surface area (Å²) in [7, 11) is 0. The Morgan fingerprint density at radius 2 is 1.36 bits per heavy atom. The maximum Gasteiger partial charge on any atom is 0.0861 e. The van der Waals surface area contributed by atoms with E-state index in [1.54, 1.807) is 0 Å². The van der Waals surface area contributed by atoms with Crippen molar-refractivity contribution in [1.29, 1.82) is 0 Å². The number of allylic oxidation sites excluding steroid dienone is 1. The Balaban J connectivity index is 1.82. The van der Waals surface area contributed by atoms with Crippen molar-refractivity contribution in [2.24, 2.45) is 0 Å². The molecule has 2 atom stereocenters. The predicted octanol–water partition coefficient (Wildman–Crippen LogP) is 6.26. The van der Waals surface area contributed by atoms with E-state index in [4.69, 9.17) is 11.6 Å². The molecule has 0 saturated carbocycles. The molecule has 0 spiro atoms. The van der Waals surface area contributed by atoms with Crippen LogP contribution in [0.1, 0.15) is 35.1 Å². The van der Waals surface area contributed by atoms with Crippen LogP contribution in [0.3, 0.4) is 0 Å². The minimum atomic E-state index is -0.583. The highest BCUT2D eigenvalue weighted by Gasteiger charge is 2.21. The van der Waals surface area contributed by atoms with Gasteiger partial charge in [-0.2, -0.15) is 0 Å². The van der Waals surface area contributed by atoms with Crippen molar-refractivity contribution in [2.45, 2.75) is 18.4 Å². The van der Waals surface area contributed by atoms with Gasteiger partial charge in [-0.25, -0.2) is 0 Å². The average Bonchev–Trinajstić information content (AvgIpc) is 2.67. The maximum atomic E-state index is 10.9. The first-order valence-electron chi connectivity index (χ1n) is 8.44. The van der Waals surface area contributed by atoms with E-state index >= 15 is 0 Å². The fourth-order valence-electron chi connectivity index (χ4n) is 2.95. The summed E-state index contributed by atoms with van der Waals surface area (Å²) in [5, 5.41) is 11.6. The molecule has 0 aliphatic heterocycles. The summed E-state index contributed by atoms with van der Waals surface area (Å²) in [6.07, 6.45) is 4.40. The number of hydrogen-bond donors (Lipinski definition) is 1. The van der Waals surface area contributed by atoms with Crippen LogP contribution in [0.4, 0.5) is 0 Å². The smallest absolute Gasteiger partial charge is 0.0861 e. The third-order valence-electron chi connectivity index (χ3n) is 4.32. The third kappa shape index (κ3) is 4.82. The second kappa shape index (κ2) is 8.66. The molecule has 3 aromatic rings. The van der Waals surface area contributed by atoms with Crippen LogP contribution < -0.4 is 0 Å². The minimum absolute atomic E-state index is 0.0117. The number of aliphatic hydroxyl groups excluding tert-OH is 1. The SMILES string of the molecule is OC(c1ccc(Cl)cc1)C(C/C=C/c1ccccc1)c1ccccc1. The van der Waals surface area contributed by atoms with E-state index in [1.165, 1.54) is 0 Å². The van der Waals surface area contributed by atoms with Gasteiger partial charge in [-0.15, -0.1) is 0 Å². The lowest BCUT2D eigenvalue weighted by atomic mass is 9.86. The van der Waals surface area contributed by atoms with E-state index in [-0.39, 0.29) is 5.92 Å². The van der Waals surface area contributed by atoms with Crippen molar-refractivity contribution in [1.82, 2.24) is 0 Å². The van der Waals surface area contributed by atoms with Gasteiger partial charge in [0, 0.05) is 10.9 Å². The molecule has 3 rings (SSSR count). The van der Waals surface area contributed by atoms with Crippen molar-refractivity contribution in [3.05, 3.63) is 113 Å². The predicted molar refractivity (Wildman–Crippen MR) is 106 cm³/mol. The fraction of sp³-hybridized carbons (Fsp3) is 0.130. The van der Waals surface area contributed by atoms with Crippen LogP contribution in [-0.2, 0) is 0 Å². The monoisotopic (exact) mass is 348 g/mol. The lowest BCUT2D eigenvalue weighted by molar-refractivity contribution is 0.145.